The van der Waals surface area contributed by atoms with Gasteiger partial charge in [-0.15, -0.1) is 0 Å². The number of rotatable bonds is 7. The summed E-state index contributed by atoms with van der Waals surface area (Å²) >= 11 is 0. The molecule has 2 unspecified atom stereocenters. The molecule has 0 aromatic heterocycles. The van der Waals surface area contributed by atoms with Gasteiger partial charge in [-0.25, -0.2) is 4.79 Å². The number of benzene rings is 1. The molecule has 1 rings (SSSR count). The van der Waals surface area contributed by atoms with Crippen LogP contribution in [-0.4, -0.2) is 11.1 Å². The third-order valence-corrected chi connectivity index (χ3v) is 4.65. The summed E-state index contributed by atoms with van der Waals surface area (Å²) in [4.78, 5) is 10.9. The van der Waals surface area contributed by atoms with Crippen LogP contribution >= 0.6 is 0 Å². The van der Waals surface area contributed by atoms with Crippen molar-refractivity contribution in [1.82, 2.24) is 0 Å². The zero-order valence-corrected chi connectivity index (χ0v) is 13.4. The van der Waals surface area contributed by atoms with E-state index in [0.29, 0.717) is 22.8 Å². The van der Waals surface area contributed by atoms with E-state index in [2.05, 4.69) is 34.6 Å². The number of hydrogen-bond acceptors (Lipinski definition) is 1. The summed E-state index contributed by atoms with van der Waals surface area (Å²) in [5.41, 5.74) is 1.96. The van der Waals surface area contributed by atoms with Crippen LogP contribution in [0.2, 0.25) is 0 Å². The van der Waals surface area contributed by atoms with E-state index >= 15 is 0 Å². The molecule has 0 spiro atoms. The van der Waals surface area contributed by atoms with Gasteiger partial charge < -0.3 is 5.11 Å². The molecule has 0 bridgehead atoms. The third kappa shape index (κ3) is 4.36. The first-order chi connectivity index (χ1) is 9.30. The average molecular weight is 276 g/mol. The van der Waals surface area contributed by atoms with Gasteiger partial charge in [0.25, 0.3) is 0 Å². The Labute approximate surface area is 123 Å². The summed E-state index contributed by atoms with van der Waals surface area (Å²) in [6, 6.07) is 7.44. The summed E-state index contributed by atoms with van der Waals surface area (Å²) in [5, 5.41) is 8.99. The number of aromatic carboxylic acids is 1. The second-order valence-corrected chi connectivity index (χ2v) is 6.64. The van der Waals surface area contributed by atoms with Crippen LogP contribution in [0.5, 0.6) is 0 Å². The predicted molar refractivity (Wildman–Crippen MR) is 84.3 cm³/mol. The maximum atomic E-state index is 10.9. The molecule has 2 heteroatoms. The van der Waals surface area contributed by atoms with Crippen LogP contribution in [-0.2, 0) is 0 Å². The summed E-state index contributed by atoms with van der Waals surface area (Å²) in [6.07, 6.45) is 3.45. The highest BCUT2D eigenvalue weighted by Crippen LogP contribution is 2.39. The topological polar surface area (TPSA) is 37.3 Å². The lowest BCUT2D eigenvalue weighted by Gasteiger charge is -2.32. The Morgan fingerprint density at radius 2 is 1.75 bits per heavy atom. The largest absolute Gasteiger partial charge is 0.478 e. The first-order valence-corrected chi connectivity index (χ1v) is 7.64. The van der Waals surface area contributed by atoms with E-state index in [1.54, 1.807) is 12.1 Å². The van der Waals surface area contributed by atoms with Gasteiger partial charge >= 0.3 is 5.97 Å². The van der Waals surface area contributed by atoms with E-state index in [1.807, 2.05) is 12.1 Å². The number of carboxylic acids is 1. The molecule has 0 saturated carbocycles. The number of carbonyl (C=O) groups is 1. The van der Waals surface area contributed by atoms with Gasteiger partial charge in [-0.1, -0.05) is 59.6 Å². The van der Waals surface area contributed by atoms with Crippen molar-refractivity contribution in [3.05, 3.63) is 35.4 Å². The van der Waals surface area contributed by atoms with Crippen molar-refractivity contribution >= 4 is 5.97 Å². The fourth-order valence-electron chi connectivity index (χ4n) is 2.54. The van der Waals surface area contributed by atoms with Crippen molar-refractivity contribution in [2.75, 3.05) is 0 Å². The van der Waals surface area contributed by atoms with Gasteiger partial charge in [0.1, 0.15) is 0 Å². The minimum absolute atomic E-state index is 0.319. The van der Waals surface area contributed by atoms with Crippen molar-refractivity contribution in [3.8, 4) is 0 Å². The Hall–Kier alpha value is -1.31. The molecule has 0 heterocycles. The third-order valence-electron chi connectivity index (χ3n) is 4.65. The molecule has 1 aromatic carbocycles. The van der Waals surface area contributed by atoms with Gasteiger partial charge in [-0.2, -0.15) is 0 Å². The molecule has 1 aromatic rings. The molecular formula is C18H28O2. The minimum Gasteiger partial charge on any atom is -0.478 e. The number of carboxylic acid groups (broad SMARTS) is 1. The maximum Gasteiger partial charge on any atom is 0.335 e. The summed E-state index contributed by atoms with van der Waals surface area (Å²) < 4.78 is 0. The zero-order valence-electron chi connectivity index (χ0n) is 13.4. The fourth-order valence-corrected chi connectivity index (χ4v) is 2.54. The highest BCUT2D eigenvalue weighted by atomic mass is 16.4. The Kier molecular flexibility index (Phi) is 5.79. The lowest BCUT2D eigenvalue weighted by atomic mass is 9.73. The Bertz CT molecular complexity index is 431. The van der Waals surface area contributed by atoms with Crippen molar-refractivity contribution < 1.29 is 9.90 Å². The van der Waals surface area contributed by atoms with E-state index < -0.39 is 5.97 Å². The van der Waals surface area contributed by atoms with Crippen molar-refractivity contribution in [2.24, 2.45) is 11.3 Å². The normalized spacial score (nSPS) is 14.8. The molecule has 20 heavy (non-hydrogen) atoms. The zero-order chi connectivity index (χ0) is 15.3. The van der Waals surface area contributed by atoms with Crippen molar-refractivity contribution in [1.29, 1.82) is 0 Å². The van der Waals surface area contributed by atoms with E-state index in [4.69, 9.17) is 5.11 Å². The maximum absolute atomic E-state index is 10.9. The first-order valence-electron chi connectivity index (χ1n) is 7.64. The fraction of sp³-hybridized carbons (Fsp3) is 0.611. The number of hydrogen-bond donors (Lipinski definition) is 1. The van der Waals surface area contributed by atoms with Gasteiger partial charge in [0.15, 0.2) is 0 Å². The van der Waals surface area contributed by atoms with Crippen LogP contribution in [0, 0.1) is 11.3 Å². The molecule has 0 aliphatic carbocycles. The highest BCUT2D eigenvalue weighted by Gasteiger charge is 2.26. The molecule has 0 aliphatic heterocycles. The Balaban J connectivity index is 3.01. The monoisotopic (exact) mass is 276 g/mol. The summed E-state index contributed by atoms with van der Waals surface area (Å²) in [5.74, 6) is 0.250. The van der Waals surface area contributed by atoms with E-state index in [0.717, 1.165) is 19.3 Å². The molecule has 2 nitrogen and oxygen atoms in total. The molecular weight excluding hydrogens is 248 g/mol. The van der Waals surface area contributed by atoms with Crippen molar-refractivity contribution in [3.63, 3.8) is 0 Å². The second kappa shape index (κ2) is 6.92. The molecule has 0 fully saturated rings. The van der Waals surface area contributed by atoms with Crippen LogP contribution in [0.25, 0.3) is 0 Å². The first kappa shape index (κ1) is 16.7. The minimum atomic E-state index is -0.856. The summed E-state index contributed by atoms with van der Waals surface area (Å²) in [6.45, 7) is 11.4. The lowest BCUT2D eigenvalue weighted by molar-refractivity contribution is 0.0697. The molecule has 0 aliphatic rings. The van der Waals surface area contributed by atoms with E-state index in [9.17, 15) is 4.79 Å². The SMILES string of the molecule is CCC(C)C(CC(C)(C)CC)c1ccc(C(=O)O)cc1. The van der Waals surface area contributed by atoms with Crippen LogP contribution < -0.4 is 0 Å². The van der Waals surface area contributed by atoms with Crippen LogP contribution in [0.4, 0.5) is 0 Å². The van der Waals surface area contributed by atoms with E-state index in [1.165, 1.54) is 5.56 Å². The molecule has 0 amide bonds. The Morgan fingerprint density at radius 3 is 2.15 bits per heavy atom. The van der Waals surface area contributed by atoms with Gasteiger partial charge in [0.05, 0.1) is 5.56 Å². The Morgan fingerprint density at radius 1 is 1.20 bits per heavy atom. The van der Waals surface area contributed by atoms with Gasteiger partial charge in [0, 0.05) is 0 Å². The van der Waals surface area contributed by atoms with Gasteiger partial charge in [0.2, 0.25) is 0 Å². The smallest absolute Gasteiger partial charge is 0.335 e. The standard InChI is InChI=1S/C18H28O2/c1-6-13(3)16(12-18(4,5)7-2)14-8-10-15(11-9-14)17(19)20/h8-11,13,16H,6-7,12H2,1-5H3,(H,19,20). The molecule has 1 N–H and O–H groups in total. The van der Waals surface area contributed by atoms with E-state index in [-0.39, 0.29) is 0 Å². The molecule has 0 saturated heterocycles. The lowest BCUT2D eigenvalue weighted by Crippen LogP contribution is -2.19. The second-order valence-electron chi connectivity index (χ2n) is 6.64. The summed E-state index contributed by atoms with van der Waals surface area (Å²) in [7, 11) is 0. The van der Waals surface area contributed by atoms with Crippen LogP contribution in [0.1, 0.15) is 75.7 Å². The van der Waals surface area contributed by atoms with Gasteiger partial charge in [-0.3, -0.25) is 0 Å². The average Bonchev–Trinajstić information content (AvgIpc) is 2.44. The van der Waals surface area contributed by atoms with Crippen LogP contribution in [0.3, 0.4) is 0 Å². The van der Waals surface area contributed by atoms with Gasteiger partial charge in [-0.05, 0) is 41.4 Å². The predicted octanol–water partition coefficient (Wildman–Crippen LogP) is 5.34. The van der Waals surface area contributed by atoms with Crippen molar-refractivity contribution in [2.45, 2.75) is 59.8 Å². The van der Waals surface area contributed by atoms with Crippen LogP contribution in [0.15, 0.2) is 24.3 Å². The molecule has 0 radical (unpaired) electrons. The quantitative estimate of drug-likeness (QED) is 0.729. The molecule has 112 valence electrons. The molecule has 2 atom stereocenters. The highest BCUT2D eigenvalue weighted by molar-refractivity contribution is 5.87.